The highest BCUT2D eigenvalue weighted by Crippen LogP contribution is 2.29. The van der Waals surface area contributed by atoms with Crippen molar-refractivity contribution in [3.8, 4) is 11.5 Å². The maximum atomic E-state index is 12.0. The Morgan fingerprint density at radius 3 is 2.50 bits per heavy atom. The van der Waals surface area contributed by atoms with Gasteiger partial charge in [0.05, 0.1) is 17.6 Å². The topological polar surface area (TPSA) is 78.7 Å². The lowest BCUT2D eigenvalue weighted by Gasteiger charge is -2.09. The molecule has 112 valence electrons. The van der Waals surface area contributed by atoms with Crippen molar-refractivity contribution in [3.05, 3.63) is 76.0 Å². The summed E-state index contributed by atoms with van der Waals surface area (Å²) in [6.07, 6.45) is 2.15. The minimum Gasteiger partial charge on any atom is -0.493 e. The standard InChI is InChI=1S/C16H13NO5/c1-21-15-11-12(9-10-17(19)20)7-8-14(15)22-16(18)13-5-3-2-4-6-13/h2-11H,1H3/b10-9-. The summed E-state index contributed by atoms with van der Waals surface area (Å²) in [6, 6.07) is 13.2. The summed E-state index contributed by atoms with van der Waals surface area (Å²) in [5, 5.41) is 10.3. The molecule has 0 unspecified atom stereocenters. The Morgan fingerprint density at radius 1 is 1.14 bits per heavy atom. The smallest absolute Gasteiger partial charge is 0.343 e. The number of esters is 1. The molecule has 0 saturated heterocycles. The van der Waals surface area contributed by atoms with Crippen molar-refractivity contribution < 1.29 is 19.2 Å². The van der Waals surface area contributed by atoms with Crippen LogP contribution in [0.2, 0.25) is 0 Å². The van der Waals surface area contributed by atoms with Gasteiger partial charge in [0.15, 0.2) is 11.5 Å². The third-order valence-corrected chi connectivity index (χ3v) is 2.79. The van der Waals surface area contributed by atoms with E-state index in [0.29, 0.717) is 16.9 Å². The maximum Gasteiger partial charge on any atom is 0.343 e. The summed E-state index contributed by atoms with van der Waals surface area (Å²) in [5.74, 6) is 0.0527. The summed E-state index contributed by atoms with van der Waals surface area (Å²) in [5.41, 5.74) is 0.981. The molecule has 0 amide bonds. The summed E-state index contributed by atoms with van der Waals surface area (Å²) in [7, 11) is 1.43. The zero-order valence-corrected chi connectivity index (χ0v) is 11.8. The van der Waals surface area contributed by atoms with Crippen LogP contribution < -0.4 is 9.47 Å². The van der Waals surface area contributed by atoms with Gasteiger partial charge in [0, 0.05) is 6.08 Å². The van der Waals surface area contributed by atoms with Gasteiger partial charge < -0.3 is 9.47 Å². The monoisotopic (exact) mass is 299 g/mol. The van der Waals surface area contributed by atoms with Crippen molar-refractivity contribution in [2.75, 3.05) is 7.11 Å². The molecule has 0 radical (unpaired) electrons. The molecule has 0 aromatic heterocycles. The molecular formula is C16H13NO5. The van der Waals surface area contributed by atoms with E-state index in [1.165, 1.54) is 19.3 Å². The molecule has 0 atom stereocenters. The van der Waals surface area contributed by atoms with Crippen molar-refractivity contribution in [1.82, 2.24) is 0 Å². The SMILES string of the molecule is COc1cc(/C=C\[N+](=O)[O-])ccc1OC(=O)c1ccccc1. The molecule has 2 aromatic carbocycles. The number of nitro groups is 1. The van der Waals surface area contributed by atoms with Crippen molar-refractivity contribution in [1.29, 1.82) is 0 Å². The Labute approximate surface area is 126 Å². The zero-order chi connectivity index (χ0) is 15.9. The summed E-state index contributed by atoms with van der Waals surface area (Å²) >= 11 is 0. The van der Waals surface area contributed by atoms with Gasteiger partial charge in [-0.25, -0.2) is 4.79 Å². The van der Waals surface area contributed by atoms with Gasteiger partial charge in [0.2, 0.25) is 6.20 Å². The van der Waals surface area contributed by atoms with Gasteiger partial charge in [0.25, 0.3) is 0 Å². The molecule has 0 aliphatic heterocycles. The van der Waals surface area contributed by atoms with Crippen LogP contribution in [0.1, 0.15) is 15.9 Å². The predicted octanol–water partition coefficient (Wildman–Crippen LogP) is 3.16. The van der Waals surface area contributed by atoms with Crippen molar-refractivity contribution in [2.45, 2.75) is 0 Å². The summed E-state index contributed by atoms with van der Waals surface area (Å²) in [6.45, 7) is 0. The Balaban J connectivity index is 2.21. The lowest BCUT2D eigenvalue weighted by molar-refractivity contribution is -0.400. The van der Waals surface area contributed by atoms with Crippen molar-refractivity contribution in [3.63, 3.8) is 0 Å². The van der Waals surface area contributed by atoms with E-state index in [-0.39, 0.29) is 5.75 Å². The van der Waals surface area contributed by atoms with E-state index in [2.05, 4.69) is 0 Å². The fourth-order valence-corrected chi connectivity index (χ4v) is 1.75. The number of methoxy groups -OCH3 is 1. The lowest BCUT2D eigenvalue weighted by Crippen LogP contribution is -2.09. The highest BCUT2D eigenvalue weighted by molar-refractivity contribution is 5.91. The zero-order valence-electron chi connectivity index (χ0n) is 11.8. The third kappa shape index (κ3) is 3.92. The average Bonchev–Trinajstić information content (AvgIpc) is 2.54. The van der Waals surface area contributed by atoms with E-state index < -0.39 is 10.9 Å². The Hall–Kier alpha value is -3.15. The highest BCUT2D eigenvalue weighted by atomic mass is 16.6. The number of carbonyl (C=O) groups excluding carboxylic acids is 1. The molecule has 0 fully saturated rings. The molecule has 0 bridgehead atoms. The quantitative estimate of drug-likeness (QED) is 0.367. The fourth-order valence-electron chi connectivity index (χ4n) is 1.75. The van der Waals surface area contributed by atoms with Gasteiger partial charge in [-0.15, -0.1) is 0 Å². The second-order valence-corrected chi connectivity index (χ2v) is 4.27. The number of benzene rings is 2. The first kappa shape index (κ1) is 15.2. The van der Waals surface area contributed by atoms with Gasteiger partial charge in [-0.05, 0) is 29.8 Å². The molecule has 0 N–H and O–H groups in total. The van der Waals surface area contributed by atoms with Crippen LogP contribution in [0.15, 0.2) is 54.7 Å². The molecule has 2 aromatic rings. The van der Waals surface area contributed by atoms with Crippen LogP contribution >= 0.6 is 0 Å². The Bertz CT molecular complexity index is 710. The molecule has 0 aliphatic carbocycles. The van der Waals surface area contributed by atoms with Crippen LogP contribution in [0, 0.1) is 10.1 Å². The van der Waals surface area contributed by atoms with Crippen LogP contribution in [0.4, 0.5) is 0 Å². The predicted molar refractivity (Wildman–Crippen MR) is 80.4 cm³/mol. The van der Waals surface area contributed by atoms with E-state index in [1.54, 1.807) is 42.5 Å². The second kappa shape index (κ2) is 7.03. The maximum absolute atomic E-state index is 12.0. The van der Waals surface area contributed by atoms with E-state index in [0.717, 1.165) is 6.20 Å². The Morgan fingerprint density at radius 2 is 1.86 bits per heavy atom. The van der Waals surface area contributed by atoms with Crippen LogP contribution in [0.5, 0.6) is 11.5 Å². The van der Waals surface area contributed by atoms with Crippen LogP contribution in [-0.4, -0.2) is 18.0 Å². The highest BCUT2D eigenvalue weighted by Gasteiger charge is 2.12. The molecule has 0 saturated carbocycles. The summed E-state index contributed by atoms with van der Waals surface area (Å²) in [4.78, 5) is 21.8. The van der Waals surface area contributed by atoms with E-state index >= 15 is 0 Å². The largest absolute Gasteiger partial charge is 0.493 e. The molecular weight excluding hydrogens is 286 g/mol. The fraction of sp³-hybridized carbons (Fsp3) is 0.0625. The number of carbonyl (C=O) groups is 1. The first-order valence-electron chi connectivity index (χ1n) is 6.37. The van der Waals surface area contributed by atoms with Gasteiger partial charge in [-0.1, -0.05) is 24.3 Å². The lowest BCUT2D eigenvalue weighted by atomic mass is 10.2. The molecule has 0 heterocycles. The normalized spacial score (nSPS) is 10.4. The number of nitrogens with zero attached hydrogens (tertiary/aromatic N) is 1. The first-order chi connectivity index (χ1) is 10.6. The number of rotatable bonds is 5. The van der Waals surface area contributed by atoms with Gasteiger partial charge in [-0.2, -0.15) is 0 Å². The minimum atomic E-state index is -0.560. The van der Waals surface area contributed by atoms with Crippen LogP contribution in [0.25, 0.3) is 6.08 Å². The van der Waals surface area contributed by atoms with E-state index in [9.17, 15) is 14.9 Å². The van der Waals surface area contributed by atoms with E-state index in [4.69, 9.17) is 9.47 Å². The second-order valence-electron chi connectivity index (χ2n) is 4.27. The number of hydrogen-bond acceptors (Lipinski definition) is 5. The minimum absolute atomic E-state index is 0.245. The third-order valence-electron chi connectivity index (χ3n) is 2.79. The first-order valence-corrected chi connectivity index (χ1v) is 6.37. The van der Waals surface area contributed by atoms with Gasteiger partial charge in [-0.3, -0.25) is 10.1 Å². The van der Waals surface area contributed by atoms with Gasteiger partial charge >= 0.3 is 5.97 Å². The average molecular weight is 299 g/mol. The Kier molecular flexibility index (Phi) is 4.87. The molecule has 6 heteroatoms. The van der Waals surface area contributed by atoms with Crippen molar-refractivity contribution in [2.24, 2.45) is 0 Å². The molecule has 2 rings (SSSR count). The molecule has 6 nitrogen and oxygen atoms in total. The summed E-state index contributed by atoms with van der Waals surface area (Å²) < 4.78 is 10.4. The van der Waals surface area contributed by atoms with Crippen molar-refractivity contribution >= 4 is 12.0 Å². The molecule has 0 aliphatic rings. The van der Waals surface area contributed by atoms with Crippen LogP contribution in [-0.2, 0) is 0 Å². The number of ether oxygens (including phenoxy) is 2. The van der Waals surface area contributed by atoms with Crippen LogP contribution in [0.3, 0.4) is 0 Å². The molecule has 22 heavy (non-hydrogen) atoms. The van der Waals surface area contributed by atoms with Gasteiger partial charge in [0.1, 0.15) is 0 Å². The van der Waals surface area contributed by atoms with E-state index in [1.807, 2.05) is 0 Å². The molecule has 0 spiro atoms. The number of hydrogen-bond donors (Lipinski definition) is 0.